The minimum absolute atomic E-state index is 1.16. The molecule has 2 atom stereocenters. The second-order valence-corrected chi connectivity index (χ2v) is 26.8. The molecule has 0 N–H and O–H groups in total. The van der Waals surface area contributed by atoms with E-state index < -0.39 is 29.3 Å². The molecule has 0 radical (unpaired) electrons. The molecule has 0 aliphatic heterocycles. The topological polar surface area (TPSA) is 6.48 Å². The quantitative estimate of drug-likeness (QED) is 0.106. The molecule has 10 aromatic carbocycles. The first kappa shape index (κ1) is 44.7. The average molecular weight is 1000 g/mol. The molecular weight excluding hydrogens is 947 g/mol. The number of hydrogen-bond donors (Lipinski definition) is 0. The molecule has 0 saturated heterocycles. The van der Waals surface area contributed by atoms with Crippen LogP contribution in [-0.4, -0.2) is 29.3 Å². The molecule has 4 heteroatoms. The van der Waals surface area contributed by atoms with Crippen LogP contribution >= 0.6 is 0 Å². The van der Waals surface area contributed by atoms with Gasteiger partial charge in [0.25, 0.3) is 0 Å². The Kier molecular flexibility index (Phi) is 13.4. The first-order valence-electron chi connectivity index (χ1n) is 23.3. The predicted octanol–water partition coefficient (Wildman–Crippen LogP) is 12.6. The van der Waals surface area contributed by atoms with Crippen molar-refractivity contribution in [3.63, 3.8) is 0 Å². The molecule has 68 heavy (non-hydrogen) atoms. The van der Waals surface area contributed by atoms with Crippen molar-refractivity contribution in [2.24, 2.45) is 0 Å². The molecule has 0 heterocycles. The van der Waals surface area contributed by atoms with E-state index in [4.69, 9.17) is 0 Å². The van der Waals surface area contributed by atoms with Gasteiger partial charge in [0.05, 0.1) is 0 Å². The van der Waals surface area contributed by atoms with Crippen molar-refractivity contribution in [1.82, 2.24) is 0 Å². The molecule has 0 aliphatic rings. The summed E-state index contributed by atoms with van der Waals surface area (Å²) in [5.41, 5.74) is 14.4. The first-order chi connectivity index (χ1) is 33.3. The zero-order valence-corrected chi connectivity index (χ0v) is 42.8. The van der Waals surface area contributed by atoms with Crippen LogP contribution < -0.4 is 35.9 Å². The number of anilines is 6. The van der Waals surface area contributed by atoms with Crippen molar-refractivity contribution in [2.75, 3.05) is 9.80 Å². The van der Waals surface area contributed by atoms with Gasteiger partial charge in [-0.25, -0.2) is 0 Å². The molecule has 2 unspecified atom stereocenters. The maximum absolute atomic E-state index is 2.39. The number of rotatable bonds is 13. The molecule has 0 saturated carbocycles. The average Bonchev–Trinajstić information content (AvgIpc) is 3.37. The molecule has 0 bridgehead atoms. The monoisotopic (exact) mass is 1000 g/mol. The first-order valence-corrected chi connectivity index (χ1v) is 29.0. The molecule has 0 spiro atoms. The Hall–Kier alpha value is -7.08. The number of hydrogen-bond acceptors (Lipinski definition) is 2. The van der Waals surface area contributed by atoms with Crippen molar-refractivity contribution in [3.8, 4) is 11.1 Å². The summed E-state index contributed by atoms with van der Waals surface area (Å²) in [7, 11) is 0. The van der Waals surface area contributed by atoms with Crippen LogP contribution in [0.3, 0.4) is 0 Å². The molecule has 0 aliphatic carbocycles. The van der Waals surface area contributed by atoms with E-state index in [9.17, 15) is 0 Å². The van der Waals surface area contributed by atoms with E-state index in [1.54, 1.807) is 0 Å². The summed E-state index contributed by atoms with van der Waals surface area (Å²) in [5, 5.41) is 0. The zero-order valence-electron chi connectivity index (χ0n) is 39.0. The van der Waals surface area contributed by atoms with E-state index >= 15 is 0 Å². The third-order valence-electron chi connectivity index (χ3n) is 12.4. The SMILES string of the molecule is Cc1cccc(N(c2ccc([As](c3ccccc3)c3ccc(-c4ccc([As](c5ccccc5)c5ccc(N(c6cccc(C)c6)c6cccc(C)c6)cc5)cc4)cc3)cc2)c2cccc(C)c2)c1. The van der Waals surface area contributed by atoms with Gasteiger partial charge in [0.1, 0.15) is 0 Å². The molecule has 10 aromatic rings. The molecular formula is C64H54As2N2. The number of nitrogens with zero attached hydrogens (tertiary/aromatic N) is 2. The molecule has 0 fully saturated rings. The third-order valence-corrected chi connectivity index (χ3v) is 22.6. The summed E-state index contributed by atoms with van der Waals surface area (Å²) in [4.78, 5) is 4.75. The summed E-state index contributed by atoms with van der Waals surface area (Å²) in [6, 6.07) is 95.0. The van der Waals surface area contributed by atoms with Gasteiger partial charge in [-0.15, -0.1) is 0 Å². The zero-order chi connectivity index (χ0) is 46.4. The van der Waals surface area contributed by atoms with Gasteiger partial charge in [-0.05, 0) is 0 Å². The van der Waals surface area contributed by atoms with Crippen LogP contribution in [0.2, 0.25) is 0 Å². The summed E-state index contributed by atoms with van der Waals surface area (Å²) in [6.45, 7) is 8.65. The van der Waals surface area contributed by atoms with E-state index in [1.165, 1.54) is 59.5 Å². The summed E-state index contributed by atoms with van der Waals surface area (Å²) in [6.07, 6.45) is 0. The fourth-order valence-electron chi connectivity index (χ4n) is 9.12. The van der Waals surface area contributed by atoms with Gasteiger partial charge in [0.15, 0.2) is 0 Å². The fraction of sp³-hybridized carbons (Fsp3) is 0.0625. The summed E-state index contributed by atoms with van der Waals surface area (Å²) >= 11 is -3.78. The van der Waals surface area contributed by atoms with Crippen LogP contribution in [0.5, 0.6) is 0 Å². The van der Waals surface area contributed by atoms with E-state index in [0.717, 1.165) is 34.1 Å². The second kappa shape index (κ2) is 20.4. The Bertz CT molecular complexity index is 2940. The molecule has 10 rings (SSSR count). The Morgan fingerprint density at radius 3 is 0.735 bits per heavy atom. The fourth-order valence-corrected chi connectivity index (χ4v) is 18.6. The van der Waals surface area contributed by atoms with Crippen LogP contribution in [0.4, 0.5) is 34.1 Å². The molecule has 2 nitrogen and oxygen atoms in total. The normalized spacial score (nSPS) is 12.0. The molecule has 330 valence electrons. The van der Waals surface area contributed by atoms with Crippen LogP contribution in [0.1, 0.15) is 22.3 Å². The molecule has 0 aromatic heterocycles. The van der Waals surface area contributed by atoms with Crippen molar-refractivity contribution in [3.05, 3.63) is 277 Å². The van der Waals surface area contributed by atoms with E-state index in [-0.39, 0.29) is 0 Å². The van der Waals surface area contributed by atoms with Gasteiger partial charge in [-0.2, -0.15) is 0 Å². The Labute approximate surface area is 412 Å². The summed E-state index contributed by atoms with van der Waals surface area (Å²) < 4.78 is 8.47. The van der Waals surface area contributed by atoms with Crippen molar-refractivity contribution in [2.45, 2.75) is 27.7 Å². The van der Waals surface area contributed by atoms with Gasteiger partial charge in [-0.1, -0.05) is 0 Å². The van der Waals surface area contributed by atoms with Gasteiger partial charge in [0.2, 0.25) is 0 Å². The van der Waals surface area contributed by atoms with E-state index in [2.05, 4.69) is 292 Å². The van der Waals surface area contributed by atoms with E-state index in [1.807, 2.05) is 0 Å². The number of benzene rings is 10. The molecule has 0 amide bonds. The Morgan fingerprint density at radius 1 is 0.221 bits per heavy atom. The Balaban J connectivity index is 0.938. The van der Waals surface area contributed by atoms with Gasteiger partial charge in [0, 0.05) is 0 Å². The van der Waals surface area contributed by atoms with Crippen LogP contribution in [-0.2, 0) is 0 Å². The van der Waals surface area contributed by atoms with Gasteiger partial charge in [-0.3, -0.25) is 0 Å². The van der Waals surface area contributed by atoms with Gasteiger partial charge >= 0.3 is 415 Å². The van der Waals surface area contributed by atoms with E-state index in [0.29, 0.717) is 0 Å². The Morgan fingerprint density at radius 2 is 0.471 bits per heavy atom. The van der Waals surface area contributed by atoms with Crippen LogP contribution in [0.25, 0.3) is 11.1 Å². The van der Waals surface area contributed by atoms with Crippen LogP contribution in [0, 0.1) is 27.7 Å². The third kappa shape index (κ3) is 9.95. The number of aryl methyl sites for hydroxylation is 4. The predicted molar refractivity (Wildman–Crippen MR) is 295 cm³/mol. The summed E-state index contributed by atoms with van der Waals surface area (Å²) in [5.74, 6) is 0. The van der Waals surface area contributed by atoms with Crippen LogP contribution in [0.15, 0.2) is 255 Å². The minimum atomic E-state index is -1.89. The maximum atomic E-state index is 2.39. The van der Waals surface area contributed by atoms with Crippen molar-refractivity contribution < 1.29 is 0 Å². The standard InChI is InChI=1S/C64H54As2N2/c1-47-15-11-23-61(43-47)67(62-24-12-16-48(2)44-62)59-39-35-57(36-40-59)65(53-19-7-5-8-20-53)55-31-27-51(28-32-55)52-29-33-56(34-30-52)66(54-21-9-6-10-22-54)58-37-41-60(42-38-58)68(63-25-13-17-49(3)45-63)64-26-14-18-50(4)46-64/h5-46H,1-4H3. The van der Waals surface area contributed by atoms with Gasteiger partial charge < -0.3 is 0 Å². The van der Waals surface area contributed by atoms with Crippen molar-refractivity contribution in [1.29, 1.82) is 0 Å². The van der Waals surface area contributed by atoms with Crippen molar-refractivity contribution >= 4 is 89.5 Å². The second-order valence-electron chi connectivity index (χ2n) is 17.5.